The van der Waals surface area contributed by atoms with Crippen molar-refractivity contribution in [2.45, 2.75) is 18.9 Å². The second kappa shape index (κ2) is 6.10. The highest BCUT2D eigenvalue weighted by atomic mass is 16.5. The van der Waals surface area contributed by atoms with Gasteiger partial charge in [-0.25, -0.2) is 9.59 Å². The number of hydrogen-bond donors (Lipinski definition) is 3. The van der Waals surface area contributed by atoms with Crippen molar-refractivity contribution < 1.29 is 19.4 Å². The molecule has 1 aliphatic carbocycles. The third-order valence-corrected chi connectivity index (χ3v) is 2.80. The number of carboxylic acids is 1. The topological polar surface area (TPSA) is 87.7 Å². The maximum atomic E-state index is 11.7. The summed E-state index contributed by atoms with van der Waals surface area (Å²) in [6.45, 7) is 0. The van der Waals surface area contributed by atoms with Crippen LogP contribution in [0.25, 0.3) is 6.08 Å². The number of aliphatic carboxylic acids is 1. The summed E-state index contributed by atoms with van der Waals surface area (Å²) in [7, 11) is 1.51. The van der Waals surface area contributed by atoms with E-state index < -0.39 is 5.97 Å². The van der Waals surface area contributed by atoms with Crippen molar-refractivity contribution in [1.82, 2.24) is 5.32 Å². The number of carbonyl (C=O) groups excluding carboxylic acids is 1. The van der Waals surface area contributed by atoms with Crippen LogP contribution in [-0.4, -0.2) is 30.3 Å². The smallest absolute Gasteiger partial charge is 0.328 e. The second-order valence-electron chi connectivity index (χ2n) is 4.50. The van der Waals surface area contributed by atoms with Gasteiger partial charge >= 0.3 is 12.0 Å². The third kappa shape index (κ3) is 4.01. The van der Waals surface area contributed by atoms with E-state index in [1.807, 2.05) is 0 Å². The number of hydrogen-bond acceptors (Lipinski definition) is 3. The molecule has 0 aliphatic heterocycles. The summed E-state index contributed by atoms with van der Waals surface area (Å²) in [6.07, 6.45) is 4.50. The van der Waals surface area contributed by atoms with Crippen molar-refractivity contribution in [2.24, 2.45) is 0 Å². The Morgan fingerprint density at radius 3 is 2.75 bits per heavy atom. The van der Waals surface area contributed by atoms with E-state index in [0.717, 1.165) is 18.9 Å². The fraction of sp³-hybridized carbons (Fsp3) is 0.286. The highest BCUT2D eigenvalue weighted by molar-refractivity contribution is 5.92. The molecule has 0 saturated heterocycles. The van der Waals surface area contributed by atoms with Crippen molar-refractivity contribution in [2.75, 3.05) is 12.4 Å². The van der Waals surface area contributed by atoms with Gasteiger partial charge in [0.15, 0.2) is 0 Å². The summed E-state index contributed by atoms with van der Waals surface area (Å²) >= 11 is 0. The molecule has 106 valence electrons. The van der Waals surface area contributed by atoms with Crippen molar-refractivity contribution in [3.8, 4) is 5.75 Å². The average Bonchev–Trinajstić information content (AvgIpc) is 3.20. The number of anilines is 1. The number of benzene rings is 1. The van der Waals surface area contributed by atoms with Gasteiger partial charge in [0.25, 0.3) is 0 Å². The van der Waals surface area contributed by atoms with Gasteiger partial charge in [0.05, 0.1) is 12.8 Å². The molecule has 2 rings (SSSR count). The van der Waals surface area contributed by atoms with Gasteiger partial charge in [0.1, 0.15) is 5.75 Å². The number of urea groups is 1. The molecular formula is C14H16N2O4. The Morgan fingerprint density at radius 1 is 1.40 bits per heavy atom. The molecule has 0 heterocycles. The SMILES string of the molecule is COc1ccc(C=CC(=O)O)cc1NC(=O)NC1CC1. The lowest BCUT2D eigenvalue weighted by atomic mass is 10.1. The van der Waals surface area contributed by atoms with E-state index in [9.17, 15) is 9.59 Å². The molecule has 1 fully saturated rings. The molecule has 0 radical (unpaired) electrons. The summed E-state index contributed by atoms with van der Waals surface area (Å²) in [5, 5.41) is 14.1. The van der Waals surface area contributed by atoms with E-state index in [-0.39, 0.29) is 12.1 Å². The Bertz CT molecular complexity index is 550. The zero-order valence-electron chi connectivity index (χ0n) is 11.1. The summed E-state index contributed by atoms with van der Waals surface area (Å²) in [6, 6.07) is 5.02. The van der Waals surface area contributed by atoms with Crippen LogP contribution < -0.4 is 15.4 Å². The summed E-state index contributed by atoms with van der Waals surface area (Å²) in [4.78, 5) is 22.2. The molecule has 1 saturated carbocycles. The van der Waals surface area contributed by atoms with E-state index in [2.05, 4.69) is 10.6 Å². The maximum absolute atomic E-state index is 11.7. The molecule has 6 nitrogen and oxygen atoms in total. The minimum absolute atomic E-state index is 0.260. The van der Waals surface area contributed by atoms with Crippen LogP contribution in [-0.2, 0) is 4.79 Å². The molecule has 1 aromatic carbocycles. The van der Waals surface area contributed by atoms with Crippen LogP contribution in [0.4, 0.5) is 10.5 Å². The van der Waals surface area contributed by atoms with E-state index in [1.54, 1.807) is 18.2 Å². The molecular weight excluding hydrogens is 260 g/mol. The lowest BCUT2D eigenvalue weighted by Gasteiger charge is -2.11. The first-order valence-electron chi connectivity index (χ1n) is 6.25. The highest BCUT2D eigenvalue weighted by Gasteiger charge is 2.23. The van der Waals surface area contributed by atoms with E-state index in [4.69, 9.17) is 9.84 Å². The first-order valence-corrected chi connectivity index (χ1v) is 6.25. The first-order chi connectivity index (χ1) is 9.58. The molecule has 0 atom stereocenters. The first kappa shape index (κ1) is 13.9. The van der Waals surface area contributed by atoms with E-state index >= 15 is 0 Å². The van der Waals surface area contributed by atoms with Crippen LogP contribution in [0.15, 0.2) is 24.3 Å². The normalized spacial score (nSPS) is 14.1. The summed E-state index contributed by atoms with van der Waals surface area (Å²) < 4.78 is 5.16. The monoisotopic (exact) mass is 276 g/mol. The number of nitrogens with one attached hydrogen (secondary N) is 2. The fourth-order valence-electron chi connectivity index (χ4n) is 1.67. The summed E-state index contributed by atoms with van der Waals surface area (Å²) in [5.74, 6) is -0.509. The molecule has 0 unspecified atom stereocenters. The predicted octanol–water partition coefficient (Wildman–Crippen LogP) is 2.08. The molecule has 1 aliphatic rings. The van der Waals surface area contributed by atoms with Gasteiger partial charge in [-0.1, -0.05) is 6.07 Å². The average molecular weight is 276 g/mol. The van der Waals surface area contributed by atoms with Crippen molar-refractivity contribution >= 4 is 23.8 Å². The number of carboxylic acid groups (broad SMARTS) is 1. The lowest BCUT2D eigenvalue weighted by Crippen LogP contribution is -2.30. The number of carbonyl (C=O) groups is 2. The fourth-order valence-corrected chi connectivity index (χ4v) is 1.67. The Balaban J connectivity index is 2.12. The van der Waals surface area contributed by atoms with Gasteiger partial charge in [0, 0.05) is 12.1 Å². The van der Waals surface area contributed by atoms with Crippen LogP contribution in [0, 0.1) is 0 Å². The van der Waals surface area contributed by atoms with Crippen molar-refractivity contribution in [3.05, 3.63) is 29.8 Å². The minimum atomic E-state index is -1.03. The third-order valence-electron chi connectivity index (χ3n) is 2.80. The predicted molar refractivity (Wildman–Crippen MR) is 74.8 cm³/mol. The molecule has 3 N–H and O–H groups in total. The van der Waals surface area contributed by atoms with Crippen LogP contribution in [0.1, 0.15) is 18.4 Å². The van der Waals surface area contributed by atoms with Gasteiger partial charge in [-0.05, 0) is 36.6 Å². The van der Waals surface area contributed by atoms with Crippen LogP contribution >= 0.6 is 0 Å². The Kier molecular flexibility index (Phi) is 4.24. The Labute approximate surface area is 116 Å². The van der Waals surface area contributed by atoms with Crippen molar-refractivity contribution in [1.29, 1.82) is 0 Å². The molecule has 6 heteroatoms. The zero-order chi connectivity index (χ0) is 14.5. The molecule has 20 heavy (non-hydrogen) atoms. The van der Waals surface area contributed by atoms with Crippen LogP contribution in [0.5, 0.6) is 5.75 Å². The minimum Gasteiger partial charge on any atom is -0.495 e. The van der Waals surface area contributed by atoms with E-state index in [0.29, 0.717) is 17.0 Å². The highest BCUT2D eigenvalue weighted by Crippen LogP contribution is 2.26. The van der Waals surface area contributed by atoms with Gasteiger partial charge in [0.2, 0.25) is 0 Å². The molecule has 2 amide bonds. The molecule has 0 spiro atoms. The van der Waals surface area contributed by atoms with Gasteiger partial charge in [-0.3, -0.25) is 0 Å². The van der Waals surface area contributed by atoms with Gasteiger partial charge < -0.3 is 20.5 Å². The van der Waals surface area contributed by atoms with Gasteiger partial charge in [-0.2, -0.15) is 0 Å². The Morgan fingerprint density at radius 2 is 2.15 bits per heavy atom. The van der Waals surface area contributed by atoms with Gasteiger partial charge in [-0.15, -0.1) is 0 Å². The molecule has 0 bridgehead atoms. The molecule has 1 aromatic rings. The molecule has 0 aromatic heterocycles. The standard InChI is InChI=1S/C14H16N2O4/c1-20-12-6-2-9(3-7-13(17)18)8-11(12)16-14(19)15-10-4-5-10/h2-3,6-8,10H,4-5H2,1H3,(H,17,18)(H2,15,16,19). The van der Waals surface area contributed by atoms with Crippen LogP contribution in [0.3, 0.4) is 0 Å². The zero-order valence-corrected chi connectivity index (χ0v) is 11.1. The van der Waals surface area contributed by atoms with Crippen molar-refractivity contribution in [3.63, 3.8) is 0 Å². The summed E-state index contributed by atoms with van der Waals surface area (Å²) in [5.41, 5.74) is 1.16. The largest absolute Gasteiger partial charge is 0.495 e. The number of methoxy groups -OCH3 is 1. The quantitative estimate of drug-likeness (QED) is 0.718. The lowest BCUT2D eigenvalue weighted by molar-refractivity contribution is -0.131. The second-order valence-corrected chi connectivity index (χ2v) is 4.50. The Hall–Kier alpha value is -2.50. The number of rotatable bonds is 5. The number of ether oxygens (including phenoxy) is 1. The van der Waals surface area contributed by atoms with Crippen LogP contribution in [0.2, 0.25) is 0 Å². The number of amides is 2. The van der Waals surface area contributed by atoms with E-state index in [1.165, 1.54) is 13.2 Å². The maximum Gasteiger partial charge on any atom is 0.328 e.